The van der Waals surface area contributed by atoms with Crippen LogP contribution in [-0.4, -0.2) is 58.2 Å². The molecule has 2 aliphatic heterocycles. The minimum absolute atomic E-state index is 0.117. The number of hydrogen-bond acceptors (Lipinski definition) is 6. The van der Waals surface area contributed by atoms with Crippen LogP contribution in [0.3, 0.4) is 0 Å². The van der Waals surface area contributed by atoms with E-state index in [1.54, 1.807) is 19.1 Å². The van der Waals surface area contributed by atoms with Gasteiger partial charge in [0.1, 0.15) is 5.75 Å². The minimum Gasteiger partial charge on any atom is -0.496 e. The van der Waals surface area contributed by atoms with Crippen LogP contribution < -0.4 is 4.74 Å². The van der Waals surface area contributed by atoms with Gasteiger partial charge in [-0.25, -0.2) is 16.8 Å². The van der Waals surface area contributed by atoms with E-state index >= 15 is 0 Å². The van der Waals surface area contributed by atoms with Crippen molar-refractivity contribution >= 4 is 19.7 Å². The van der Waals surface area contributed by atoms with Crippen LogP contribution in [0.1, 0.15) is 16.7 Å². The number of hydrogen-bond donors (Lipinski definition) is 0. The maximum absolute atomic E-state index is 13.4. The van der Waals surface area contributed by atoms with Crippen molar-refractivity contribution in [3.63, 3.8) is 0 Å². The van der Waals surface area contributed by atoms with Crippen molar-refractivity contribution < 1.29 is 21.6 Å². The highest BCUT2D eigenvalue weighted by Gasteiger charge is 2.48. The van der Waals surface area contributed by atoms with Crippen LogP contribution >= 0.6 is 0 Å². The van der Waals surface area contributed by atoms with Gasteiger partial charge in [0, 0.05) is 19.1 Å². The second-order valence-corrected chi connectivity index (χ2v) is 12.2. The Bertz CT molecular complexity index is 1140. The van der Waals surface area contributed by atoms with Crippen molar-refractivity contribution in [2.24, 2.45) is 0 Å². The van der Waals surface area contributed by atoms with E-state index in [4.69, 9.17) is 4.74 Å². The van der Waals surface area contributed by atoms with Gasteiger partial charge in [0.25, 0.3) is 0 Å². The molecular formula is C21H25NO5S2. The standard InChI is InChI=1S/C21H25NO5S2/c1-15-11-18(7-8-20(15)27-2)29(25,26)21-14-28(23,24)13-19(21)22-10-9-16-5-3-4-6-17(16)12-22/h3-8,11,19,21H,9-10,12-14H2,1-2H3/t19-,21-/m0/s1. The molecule has 8 heteroatoms. The molecule has 0 radical (unpaired) electrons. The maximum Gasteiger partial charge on any atom is 0.183 e. The van der Waals surface area contributed by atoms with Crippen LogP contribution in [0.2, 0.25) is 0 Å². The van der Waals surface area contributed by atoms with Crippen LogP contribution in [0, 0.1) is 6.92 Å². The molecule has 2 aromatic rings. The predicted molar refractivity (Wildman–Crippen MR) is 112 cm³/mol. The summed E-state index contributed by atoms with van der Waals surface area (Å²) in [6.07, 6.45) is 0.793. The first-order valence-corrected chi connectivity index (χ1v) is 13.0. The molecule has 0 aromatic heterocycles. The molecule has 2 aliphatic rings. The highest BCUT2D eigenvalue weighted by Crippen LogP contribution is 2.33. The molecule has 0 bridgehead atoms. The molecular weight excluding hydrogens is 410 g/mol. The molecule has 1 fully saturated rings. The van der Waals surface area contributed by atoms with Gasteiger partial charge in [0.05, 0.1) is 28.8 Å². The molecule has 2 atom stereocenters. The van der Waals surface area contributed by atoms with Gasteiger partial charge in [-0.2, -0.15) is 0 Å². The molecule has 29 heavy (non-hydrogen) atoms. The summed E-state index contributed by atoms with van der Waals surface area (Å²) in [5.74, 6) is 0.157. The van der Waals surface area contributed by atoms with Gasteiger partial charge in [-0.15, -0.1) is 0 Å². The van der Waals surface area contributed by atoms with E-state index in [2.05, 4.69) is 6.07 Å². The van der Waals surface area contributed by atoms with E-state index in [1.807, 2.05) is 23.1 Å². The smallest absolute Gasteiger partial charge is 0.183 e. The van der Waals surface area contributed by atoms with Gasteiger partial charge in [-0.05, 0) is 48.2 Å². The van der Waals surface area contributed by atoms with Crippen molar-refractivity contribution in [2.75, 3.05) is 25.2 Å². The lowest BCUT2D eigenvalue weighted by molar-refractivity contribution is 0.195. The lowest BCUT2D eigenvalue weighted by atomic mass is 9.98. The first kappa shape index (κ1) is 20.4. The molecule has 2 heterocycles. The van der Waals surface area contributed by atoms with Gasteiger partial charge < -0.3 is 4.74 Å². The number of nitrogens with zero attached hydrogens (tertiary/aromatic N) is 1. The molecule has 4 rings (SSSR count). The lowest BCUT2D eigenvalue weighted by Crippen LogP contribution is -2.48. The van der Waals surface area contributed by atoms with Crippen molar-refractivity contribution in [1.82, 2.24) is 4.90 Å². The highest BCUT2D eigenvalue weighted by molar-refractivity contribution is 7.96. The quantitative estimate of drug-likeness (QED) is 0.731. The summed E-state index contributed by atoms with van der Waals surface area (Å²) in [5.41, 5.74) is 3.09. The Hall–Kier alpha value is -1.90. The van der Waals surface area contributed by atoms with Crippen LogP contribution in [0.15, 0.2) is 47.4 Å². The van der Waals surface area contributed by atoms with E-state index in [0.717, 1.165) is 12.0 Å². The minimum atomic E-state index is -3.81. The third-order valence-corrected chi connectivity index (χ3v) is 10.1. The molecule has 0 spiro atoms. The van der Waals surface area contributed by atoms with Crippen molar-refractivity contribution in [3.05, 3.63) is 59.2 Å². The summed E-state index contributed by atoms with van der Waals surface area (Å²) in [7, 11) is -5.71. The fourth-order valence-corrected chi connectivity index (χ4v) is 9.35. The zero-order valence-electron chi connectivity index (χ0n) is 16.5. The van der Waals surface area contributed by atoms with Gasteiger partial charge >= 0.3 is 0 Å². The van der Waals surface area contributed by atoms with E-state index < -0.39 is 31.0 Å². The van der Waals surface area contributed by atoms with E-state index in [0.29, 0.717) is 24.4 Å². The highest BCUT2D eigenvalue weighted by atomic mass is 32.2. The maximum atomic E-state index is 13.4. The normalized spacial score (nSPS) is 24.2. The van der Waals surface area contributed by atoms with Crippen LogP contribution in [0.4, 0.5) is 0 Å². The lowest BCUT2D eigenvalue weighted by Gasteiger charge is -2.35. The summed E-state index contributed by atoms with van der Waals surface area (Å²) in [6.45, 7) is 3.01. The molecule has 0 unspecified atom stereocenters. The molecule has 0 aliphatic carbocycles. The fraction of sp³-hybridized carbons (Fsp3) is 0.429. The van der Waals surface area contributed by atoms with Gasteiger partial charge in [0.2, 0.25) is 0 Å². The van der Waals surface area contributed by atoms with E-state index in [-0.39, 0.29) is 16.4 Å². The van der Waals surface area contributed by atoms with Gasteiger partial charge in [-0.1, -0.05) is 24.3 Å². The van der Waals surface area contributed by atoms with Crippen LogP contribution in [0.5, 0.6) is 5.75 Å². The first-order chi connectivity index (χ1) is 13.7. The summed E-state index contributed by atoms with van der Waals surface area (Å²) in [5, 5.41) is -0.967. The summed E-state index contributed by atoms with van der Waals surface area (Å²) < 4.78 is 57.1. The Morgan fingerprint density at radius 2 is 1.79 bits per heavy atom. The number of aryl methyl sites for hydroxylation is 1. The van der Waals surface area contributed by atoms with Crippen molar-refractivity contribution in [2.45, 2.75) is 36.1 Å². The third kappa shape index (κ3) is 3.81. The SMILES string of the molecule is COc1ccc(S(=O)(=O)[C@H]2CS(=O)(=O)C[C@@H]2N2CCc3ccccc3C2)cc1C. The molecule has 6 nitrogen and oxygen atoms in total. The largest absolute Gasteiger partial charge is 0.496 e. The Morgan fingerprint density at radius 1 is 1.07 bits per heavy atom. The summed E-state index contributed by atoms with van der Waals surface area (Å²) in [6, 6.07) is 12.2. The second kappa shape index (κ2) is 7.41. The Balaban J connectivity index is 1.69. The molecule has 1 saturated heterocycles. The number of methoxy groups -OCH3 is 1. The predicted octanol–water partition coefficient (Wildman–Crippen LogP) is 2.00. The zero-order chi connectivity index (χ0) is 20.8. The number of benzene rings is 2. The number of rotatable bonds is 4. The Labute approximate surface area is 172 Å². The summed E-state index contributed by atoms with van der Waals surface area (Å²) >= 11 is 0. The summed E-state index contributed by atoms with van der Waals surface area (Å²) in [4.78, 5) is 2.19. The molecule has 0 N–H and O–H groups in total. The third-order valence-electron chi connectivity index (χ3n) is 5.99. The number of sulfone groups is 2. The zero-order valence-corrected chi connectivity index (χ0v) is 18.2. The van der Waals surface area contributed by atoms with Crippen molar-refractivity contribution in [1.29, 1.82) is 0 Å². The molecule has 0 saturated carbocycles. The average molecular weight is 436 g/mol. The van der Waals surface area contributed by atoms with E-state index in [1.165, 1.54) is 18.7 Å². The Kier molecular flexibility index (Phi) is 5.21. The molecule has 0 amide bonds. The second-order valence-electron chi connectivity index (χ2n) is 7.85. The average Bonchev–Trinajstić information content (AvgIpc) is 3.04. The van der Waals surface area contributed by atoms with Gasteiger partial charge in [-0.3, -0.25) is 4.90 Å². The fourth-order valence-electron chi connectivity index (χ4n) is 4.44. The first-order valence-electron chi connectivity index (χ1n) is 9.61. The van der Waals surface area contributed by atoms with E-state index in [9.17, 15) is 16.8 Å². The van der Waals surface area contributed by atoms with Crippen molar-refractivity contribution in [3.8, 4) is 5.75 Å². The molecule has 156 valence electrons. The van der Waals surface area contributed by atoms with Gasteiger partial charge in [0.15, 0.2) is 19.7 Å². The molecule has 2 aromatic carbocycles. The number of ether oxygens (including phenoxy) is 1. The monoisotopic (exact) mass is 435 g/mol. The topological polar surface area (TPSA) is 80.8 Å². The van der Waals surface area contributed by atoms with Crippen LogP contribution in [-0.2, 0) is 32.6 Å². The number of fused-ring (bicyclic) bond motifs is 1. The Morgan fingerprint density at radius 3 is 2.48 bits per heavy atom. The van der Waals surface area contributed by atoms with Crippen LogP contribution in [0.25, 0.3) is 0 Å².